The molecule has 4 unspecified atom stereocenters. The number of hydrogen-bond acceptors (Lipinski definition) is 7. The Labute approximate surface area is 232 Å². The Kier molecular flexibility index (Phi) is 10.5. The molecule has 1 aliphatic carbocycles. The number of amides is 3. The topological polar surface area (TPSA) is 104 Å². The zero-order chi connectivity index (χ0) is 27.9. The van der Waals surface area contributed by atoms with Gasteiger partial charge in [-0.1, -0.05) is 43.7 Å². The van der Waals surface area contributed by atoms with Crippen molar-refractivity contribution in [1.29, 1.82) is 0 Å². The number of alkyl carbamates (subject to hydrolysis) is 1. The molecule has 10 heteroatoms. The lowest BCUT2D eigenvalue weighted by Crippen LogP contribution is -2.54. The highest BCUT2D eigenvalue weighted by molar-refractivity contribution is 5.74. The summed E-state index contributed by atoms with van der Waals surface area (Å²) < 4.78 is 17.7. The maximum atomic E-state index is 13.3. The second-order valence-corrected chi connectivity index (χ2v) is 11.6. The molecule has 2 N–H and O–H groups in total. The van der Waals surface area contributed by atoms with Gasteiger partial charge >= 0.3 is 12.1 Å². The summed E-state index contributed by atoms with van der Waals surface area (Å²) in [5.41, 5.74) is 0.972. The lowest BCUT2D eigenvalue weighted by Gasteiger charge is -2.37. The summed E-state index contributed by atoms with van der Waals surface area (Å²) in [5.74, 6) is 0.499. The number of benzene rings is 1. The second kappa shape index (κ2) is 13.8. The first-order valence-corrected chi connectivity index (χ1v) is 14.4. The molecule has 1 aromatic rings. The van der Waals surface area contributed by atoms with Crippen molar-refractivity contribution in [3.63, 3.8) is 0 Å². The first-order chi connectivity index (χ1) is 18.7. The Balaban J connectivity index is 1.44. The number of carbonyl (C=O) groups excluding carboxylic acids is 2. The van der Waals surface area contributed by atoms with Gasteiger partial charge in [0.15, 0.2) is 6.29 Å². The van der Waals surface area contributed by atoms with Gasteiger partial charge in [0.2, 0.25) is 0 Å². The van der Waals surface area contributed by atoms with Gasteiger partial charge in [0.1, 0.15) is 6.10 Å². The molecule has 3 fully saturated rings. The first kappa shape index (κ1) is 29.6. The molecule has 10 nitrogen and oxygen atoms in total. The number of aliphatic hydroxyl groups excluding tert-OH is 1. The largest absolute Gasteiger partial charge is 0.443 e. The molecule has 39 heavy (non-hydrogen) atoms. The number of carbonyl (C=O) groups is 2. The number of fused-ring (bicyclic) bond motifs is 2. The first-order valence-electron chi connectivity index (χ1n) is 14.4. The summed E-state index contributed by atoms with van der Waals surface area (Å²) >= 11 is 0. The summed E-state index contributed by atoms with van der Waals surface area (Å²) in [6, 6.07) is 8.94. The molecule has 0 radical (unpaired) electrons. The Morgan fingerprint density at radius 2 is 1.87 bits per heavy atom. The number of likely N-dealkylation sites (N-methyl/N-ethyl adjacent to an activating group) is 1. The predicted octanol–water partition coefficient (Wildman–Crippen LogP) is 2.55. The van der Waals surface area contributed by atoms with Crippen molar-refractivity contribution in [3.8, 4) is 0 Å². The molecular weight excluding hydrogens is 500 g/mol. The van der Waals surface area contributed by atoms with Crippen molar-refractivity contribution < 1.29 is 28.9 Å². The van der Waals surface area contributed by atoms with Crippen LogP contribution in [-0.2, 0) is 20.6 Å². The summed E-state index contributed by atoms with van der Waals surface area (Å²) in [7, 11) is 5.70. The average molecular weight is 547 g/mol. The lowest BCUT2D eigenvalue weighted by atomic mass is 9.78. The molecule has 1 aromatic carbocycles. The van der Waals surface area contributed by atoms with Crippen LogP contribution in [0.25, 0.3) is 0 Å². The molecular formula is C29H46N4O6. The predicted molar refractivity (Wildman–Crippen MR) is 147 cm³/mol. The second-order valence-electron chi connectivity index (χ2n) is 11.6. The SMILES string of the molecule is CCCCN(C)C(=O)N(CCN(C)C)C[C@@H](O)[C@H](Cc1ccccc1)NC(=O)OC1C2COC3O[C@H]1CC3C2. The van der Waals surface area contributed by atoms with Crippen molar-refractivity contribution >= 4 is 12.1 Å². The van der Waals surface area contributed by atoms with Gasteiger partial charge in [-0.25, -0.2) is 9.59 Å². The maximum absolute atomic E-state index is 13.3. The molecule has 3 aliphatic rings. The highest BCUT2D eigenvalue weighted by Crippen LogP contribution is 2.46. The van der Waals surface area contributed by atoms with Gasteiger partial charge < -0.3 is 39.3 Å². The van der Waals surface area contributed by atoms with Gasteiger partial charge in [-0.15, -0.1) is 0 Å². The van der Waals surface area contributed by atoms with Crippen LogP contribution in [0.1, 0.15) is 38.2 Å². The number of urea groups is 1. The van der Waals surface area contributed by atoms with E-state index in [9.17, 15) is 14.7 Å². The molecule has 218 valence electrons. The van der Waals surface area contributed by atoms with E-state index < -0.39 is 18.2 Å². The highest BCUT2D eigenvalue weighted by atomic mass is 16.7. The normalized spacial score (nSPS) is 26.8. The summed E-state index contributed by atoms with van der Waals surface area (Å²) in [5, 5.41) is 14.4. The van der Waals surface area contributed by atoms with Gasteiger partial charge in [-0.3, -0.25) is 0 Å². The third-order valence-corrected chi connectivity index (χ3v) is 8.12. The minimum absolute atomic E-state index is 0.0932. The van der Waals surface area contributed by atoms with Gasteiger partial charge in [-0.05, 0) is 45.3 Å². The van der Waals surface area contributed by atoms with Crippen LogP contribution in [0.15, 0.2) is 30.3 Å². The highest BCUT2D eigenvalue weighted by Gasteiger charge is 2.53. The van der Waals surface area contributed by atoms with E-state index in [1.54, 1.807) is 16.8 Å². The number of nitrogens with one attached hydrogen (secondary N) is 1. The smallest absolute Gasteiger partial charge is 0.407 e. The molecule has 0 aromatic heterocycles. The van der Waals surface area contributed by atoms with Crippen molar-refractivity contribution in [2.24, 2.45) is 11.8 Å². The minimum Gasteiger partial charge on any atom is -0.443 e. The summed E-state index contributed by atoms with van der Waals surface area (Å²) in [6.07, 6.45) is 1.80. The van der Waals surface area contributed by atoms with Crippen LogP contribution in [0.2, 0.25) is 0 Å². The van der Waals surface area contributed by atoms with Crippen LogP contribution in [0, 0.1) is 11.8 Å². The molecule has 4 rings (SSSR count). The molecule has 3 bridgehead atoms. The number of nitrogens with zero attached hydrogens (tertiary/aromatic N) is 3. The van der Waals surface area contributed by atoms with Crippen molar-refractivity contribution in [1.82, 2.24) is 20.0 Å². The molecule has 0 spiro atoms. The zero-order valence-corrected chi connectivity index (χ0v) is 23.8. The van der Waals surface area contributed by atoms with Gasteiger partial charge in [0.05, 0.1) is 31.4 Å². The van der Waals surface area contributed by atoms with Gasteiger partial charge in [0, 0.05) is 38.5 Å². The van der Waals surface area contributed by atoms with Crippen molar-refractivity contribution in [3.05, 3.63) is 35.9 Å². The third-order valence-electron chi connectivity index (χ3n) is 8.12. The van der Waals surface area contributed by atoms with Crippen LogP contribution in [0.3, 0.4) is 0 Å². The Bertz CT molecular complexity index is 926. The van der Waals surface area contributed by atoms with Crippen LogP contribution in [0.5, 0.6) is 0 Å². The van der Waals surface area contributed by atoms with E-state index in [0.29, 0.717) is 38.6 Å². The molecule has 2 aliphatic heterocycles. The van der Waals surface area contributed by atoms with Crippen LogP contribution in [0.4, 0.5) is 9.59 Å². The van der Waals surface area contributed by atoms with Crippen LogP contribution >= 0.6 is 0 Å². The fourth-order valence-corrected chi connectivity index (χ4v) is 5.85. The monoisotopic (exact) mass is 546 g/mol. The number of rotatable bonds is 13. The van der Waals surface area contributed by atoms with E-state index in [1.807, 2.05) is 49.3 Å². The maximum Gasteiger partial charge on any atom is 0.407 e. The Morgan fingerprint density at radius 1 is 1.10 bits per heavy atom. The molecule has 3 amide bonds. The van der Waals surface area contributed by atoms with E-state index in [0.717, 1.165) is 31.2 Å². The number of unbranched alkanes of at least 4 members (excludes halogenated alkanes) is 1. The Hall–Kier alpha value is -2.40. The van der Waals surface area contributed by atoms with Crippen LogP contribution < -0.4 is 5.32 Å². The van der Waals surface area contributed by atoms with Gasteiger partial charge in [0.25, 0.3) is 0 Å². The molecule has 2 saturated heterocycles. The van der Waals surface area contributed by atoms with E-state index >= 15 is 0 Å². The third kappa shape index (κ3) is 7.84. The lowest BCUT2D eigenvalue weighted by molar-refractivity contribution is -0.153. The molecule has 2 heterocycles. The molecule has 1 saturated carbocycles. The van der Waals surface area contributed by atoms with E-state index in [-0.39, 0.29) is 37.0 Å². The average Bonchev–Trinajstić information content (AvgIpc) is 3.22. The number of ether oxygens (including phenoxy) is 3. The standard InChI is InChI=1S/C29H46N4O6/c1-5-6-12-32(4)29(36)33(14-13-31(2)3)18-24(34)23(15-20-10-8-7-9-11-20)30-28(35)39-26-22-16-21-17-25(26)38-27(21)37-19-22/h7-11,21-27,34H,5-6,12-19H2,1-4H3,(H,30,35)/t21?,22?,23-,24+,25-,26?,27?/m0/s1. The Morgan fingerprint density at radius 3 is 2.59 bits per heavy atom. The quantitative estimate of drug-likeness (QED) is 0.392. The van der Waals surface area contributed by atoms with E-state index in [1.165, 1.54) is 0 Å². The minimum atomic E-state index is -0.999. The van der Waals surface area contributed by atoms with E-state index in [2.05, 4.69) is 12.2 Å². The van der Waals surface area contributed by atoms with Crippen molar-refractivity contribution in [2.75, 3.05) is 53.9 Å². The van der Waals surface area contributed by atoms with Crippen molar-refractivity contribution in [2.45, 2.75) is 69.7 Å². The number of hydrogen-bond donors (Lipinski definition) is 2. The van der Waals surface area contributed by atoms with Crippen LogP contribution in [-0.4, -0.2) is 117 Å². The number of aliphatic hydroxyl groups is 1. The zero-order valence-electron chi connectivity index (χ0n) is 23.8. The summed E-state index contributed by atoms with van der Waals surface area (Å²) in [4.78, 5) is 31.9. The summed E-state index contributed by atoms with van der Waals surface area (Å²) in [6.45, 7) is 4.49. The molecule has 7 atom stereocenters. The van der Waals surface area contributed by atoms with Gasteiger partial charge in [-0.2, -0.15) is 0 Å². The fourth-order valence-electron chi connectivity index (χ4n) is 5.85. The fraction of sp³-hybridized carbons (Fsp3) is 0.724. The van der Waals surface area contributed by atoms with E-state index in [4.69, 9.17) is 14.2 Å².